The van der Waals surface area contributed by atoms with Gasteiger partial charge in [-0.1, -0.05) is 37.3 Å². The highest BCUT2D eigenvalue weighted by Crippen LogP contribution is 2.18. The lowest BCUT2D eigenvalue weighted by Gasteiger charge is -2.32. The van der Waals surface area contributed by atoms with Gasteiger partial charge in [0.15, 0.2) is 0 Å². The van der Waals surface area contributed by atoms with Gasteiger partial charge in [-0.05, 0) is 31.2 Å². The fourth-order valence-electron chi connectivity index (χ4n) is 3.01. The molecule has 1 saturated heterocycles. The van der Waals surface area contributed by atoms with Gasteiger partial charge in [0.25, 0.3) is 0 Å². The van der Waals surface area contributed by atoms with Crippen LogP contribution in [0.2, 0.25) is 0 Å². The van der Waals surface area contributed by atoms with Gasteiger partial charge in [-0.3, -0.25) is 9.59 Å². The largest absolute Gasteiger partial charge is 0.393 e. The van der Waals surface area contributed by atoms with Crippen molar-refractivity contribution >= 4 is 11.8 Å². The third kappa shape index (κ3) is 5.64. The molecule has 2 rings (SSSR count). The van der Waals surface area contributed by atoms with Crippen LogP contribution in [-0.4, -0.2) is 47.6 Å². The number of aliphatic hydroxyl groups is 1. The Balaban J connectivity index is 1.80. The van der Waals surface area contributed by atoms with Crippen LogP contribution in [-0.2, 0) is 16.0 Å². The first kappa shape index (κ1) is 18.5. The lowest BCUT2D eigenvalue weighted by atomic mass is 9.96. The maximum absolute atomic E-state index is 12.4. The van der Waals surface area contributed by atoms with Crippen molar-refractivity contribution in [1.82, 2.24) is 10.2 Å². The van der Waals surface area contributed by atoms with Crippen LogP contribution in [0.5, 0.6) is 0 Å². The third-order valence-electron chi connectivity index (χ3n) is 4.59. The fraction of sp³-hybridized carbons (Fsp3) is 0.579. The maximum Gasteiger partial charge on any atom is 0.227 e. The minimum Gasteiger partial charge on any atom is -0.393 e. The normalized spacial score (nSPS) is 18.9. The van der Waals surface area contributed by atoms with E-state index in [1.54, 1.807) is 0 Å². The van der Waals surface area contributed by atoms with E-state index in [1.165, 1.54) is 0 Å². The highest BCUT2D eigenvalue weighted by atomic mass is 16.3. The molecule has 0 bridgehead atoms. The first-order valence-corrected chi connectivity index (χ1v) is 8.87. The summed E-state index contributed by atoms with van der Waals surface area (Å²) in [6.07, 6.45) is 2.97. The number of hydrogen-bond donors (Lipinski definition) is 2. The van der Waals surface area contributed by atoms with Crippen molar-refractivity contribution in [2.24, 2.45) is 5.92 Å². The number of carbonyl (C=O) groups is 2. The van der Waals surface area contributed by atoms with Crippen molar-refractivity contribution in [3.05, 3.63) is 35.9 Å². The van der Waals surface area contributed by atoms with Gasteiger partial charge in [-0.15, -0.1) is 0 Å². The first-order valence-electron chi connectivity index (χ1n) is 8.87. The lowest BCUT2D eigenvalue weighted by molar-refractivity contribution is -0.135. The minimum absolute atomic E-state index is 0.00415. The number of carbonyl (C=O) groups excluding carboxylic acids is 2. The molecule has 1 heterocycles. The molecule has 1 fully saturated rings. The minimum atomic E-state index is -0.361. The van der Waals surface area contributed by atoms with Crippen LogP contribution in [0.4, 0.5) is 0 Å². The number of rotatable bonds is 7. The Bertz CT molecular complexity index is 533. The van der Waals surface area contributed by atoms with Crippen molar-refractivity contribution in [2.45, 2.75) is 45.1 Å². The number of amides is 2. The van der Waals surface area contributed by atoms with E-state index in [-0.39, 0.29) is 23.8 Å². The molecule has 2 amide bonds. The molecule has 5 heteroatoms. The van der Waals surface area contributed by atoms with Crippen LogP contribution in [0.25, 0.3) is 0 Å². The summed E-state index contributed by atoms with van der Waals surface area (Å²) >= 11 is 0. The molecular weight excluding hydrogens is 304 g/mol. The van der Waals surface area contributed by atoms with Crippen LogP contribution in [0.15, 0.2) is 30.3 Å². The molecule has 0 spiro atoms. The zero-order chi connectivity index (χ0) is 17.4. The van der Waals surface area contributed by atoms with Gasteiger partial charge in [0, 0.05) is 19.6 Å². The standard InChI is InChI=1S/C19H28N2O3/c1-2-17(22)10-11-20-19(24)16-9-6-12-21(14-16)18(23)13-15-7-4-3-5-8-15/h3-5,7-8,16-17,22H,2,6,9-14H2,1H3,(H,20,24). The molecule has 2 unspecified atom stereocenters. The summed E-state index contributed by atoms with van der Waals surface area (Å²) in [5, 5.41) is 12.4. The smallest absolute Gasteiger partial charge is 0.227 e. The molecule has 0 aliphatic carbocycles. The quantitative estimate of drug-likeness (QED) is 0.799. The van der Waals surface area contributed by atoms with E-state index < -0.39 is 0 Å². The first-order chi connectivity index (χ1) is 11.6. The number of nitrogens with zero attached hydrogens (tertiary/aromatic N) is 1. The Morgan fingerprint density at radius 1 is 1.33 bits per heavy atom. The molecule has 2 atom stereocenters. The Hall–Kier alpha value is -1.88. The summed E-state index contributed by atoms with van der Waals surface area (Å²) < 4.78 is 0. The predicted molar refractivity (Wildman–Crippen MR) is 93.4 cm³/mol. The zero-order valence-corrected chi connectivity index (χ0v) is 14.4. The molecule has 24 heavy (non-hydrogen) atoms. The number of piperidine rings is 1. The van der Waals surface area contributed by atoms with Crippen LogP contribution in [0, 0.1) is 5.92 Å². The molecular formula is C19H28N2O3. The van der Waals surface area contributed by atoms with Crippen LogP contribution >= 0.6 is 0 Å². The highest BCUT2D eigenvalue weighted by Gasteiger charge is 2.28. The number of likely N-dealkylation sites (tertiary alicyclic amines) is 1. The van der Waals surface area contributed by atoms with Gasteiger partial charge in [0.05, 0.1) is 18.4 Å². The van der Waals surface area contributed by atoms with E-state index in [2.05, 4.69) is 5.32 Å². The van der Waals surface area contributed by atoms with E-state index in [1.807, 2.05) is 42.2 Å². The monoisotopic (exact) mass is 332 g/mol. The van der Waals surface area contributed by atoms with Gasteiger partial charge in [-0.25, -0.2) is 0 Å². The van der Waals surface area contributed by atoms with Gasteiger partial charge in [-0.2, -0.15) is 0 Å². The molecule has 0 aromatic heterocycles. The molecule has 0 saturated carbocycles. The second kappa shape index (κ2) is 9.42. The summed E-state index contributed by atoms with van der Waals surface area (Å²) in [5.74, 6) is -0.0622. The molecule has 5 nitrogen and oxygen atoms in total. The second-order valence-corrected chi connectivity index (χ2v) is 6.48. The summed E-state index contributed by atoms with van der Waals surface area (Å²) in [4.78, 5) is 26.5. The highest BCUT2D eigenvalue weighted by molar-refractivity contribution is 5.82. The van der Waals surface area contributed by atoms with E-state index in [4.69, 9.17) is 0 Å². The van der Waals surface area contributed by atoms with Crippen LogP contribution in [0.1, 0.15) is 38.2 Å². The van der Waals surface area contributed by atoms with Gasteiger partial charge < -0.3 is 15.3 Å². The Kier molecular flexibility index (Phi) is 7.25. The van der Waals surface area contributed by atoms with E-state index >= 15 is 0 Å². The predicted octanol–water partition coefficient (Wildman–Crippen LogP) is 1.74. The Morgan fingerprint density at radius 3 is 2.79 bits per heavy atom. The Labute approximate surface area is 144 Å². The van der Waals surface area contributed by atoms with Crippen molar-refractivity contribution in [1.29, 1.82) is 0 Å². The molecule has 1 aliphatic rings. The van der Waals surface area contributed by atoms with Crippen molar-refractivity contribution in [2.75, 3.05) is 19.6 Å². The van der Waals surface area contributed by atoms with Crippen LogP contribution in [0.3, 0.4) is 0 Å². The number of hydrogen-bond acceptors (Lipinski definition) is 3. The molecule has 1 aromatic rings. The molecule has 2 N–H and O–H groups in total. The fourth-order valence-corrected chi connectivity index (χ4v) is 3.01. The molecule has 1 aliphatic heterocycles. The lowest BCUT2D eigenvalue weighted by Crippen LogP contribution is -2.46. The van der Waals surface area contributed by atoms with Gasteiger partial charge >= 0.3 is 0 Å². The second-order valence-electron chi connectivity index (χ2n) is 6.48. The molecule has 0 radical (unpaired) electrons. The average Bonchev–Trinajstić information content (AvgIpc) is 2.62. The summed E-state index contributed by atoms with van der Waals surface area (Å²) in [6.45, 7) is 3.63. The summed E-state index contributed by atoms with van der Waals surface area (Å²) in [6, 6.07) is 9.69. The third-order valence-corrected chi connectivity index (χ3v) is 4.59. The van der Waals surface area contributed by atoms with Crippen molar-refractivity contribution in [3.63, 3.8) is 0 Å². The summed E-state index contributed by atoms with van der Waals surface area (Å²) in [5.41, 5.74) is 1.00. The average molecular weight is 332 g/mol. The van der Waals surface area contributed by atoms with Crippen molar-refractivity contribution in [3.8, 4) is 0 Å². The number of nitrogens with one attached hydrogen (secondary N) is 1. The maximum atomic E-state index is 12.4. The van der Waals surface area contributed by atoms with Gasteiger partial charge in [0.2, 0.25) is 11.8 Å². The van der Waals surface area contributed by atoms with Crippen molar-refractivity contribution < 1.29 is 14.7 Å². The van der Waals surface area contributed by atoms with E-state index in [9.17, 15) is 14.7 Å². The Morgan fingerprint density at radius 2 is 2.08 bits per heavy atom. The van der Waals surface area contributed by atoms with Crippen LogP contribution < -0.4 is 5.32 Å². The molecule has 1 aromatic carbocycles. The van der Waals surface area contributed by atoms with E-state index in [0.717, 1.165) is 24.9 Å². The zero-order valence-electron chi connectivity index (χ0n) is 14.4. The summed E-state index contributed by atoms with van der Waals surface area (Å²) in [7, 11) is 0. The SMILES string of the molecule is CCC(O)CCNC(=O)C1CCCN(C(=O)Cc2ccccc2)C1. The van der Waals surface area contributed by atoms with E-state index in [0.29, 0.717) is 32.4 Å². The number of aliphatic hydroxyl groups excluding tert-OH is 1. The van der Waals surface area contributed by atoms with Gasteiger partial charge in [0.1, 0.15) is 0 Å². The topological polar surface area (TPSA) is 69.6 Å². The molecule has 132 valence electrons. The number of benzene rings is 1.